The number of piperidine rings is 1. The van der Waals surface area contributed by atoms with Gasteiger partial charge in [-0.3, -0.25) is 9.80 Å². The van der Waals surface area contributed by atoms with Crippen molar-refractivity contribution in [2.45, 2.75) is 58.0 Å². The minimum Gasteiger partial charge on any atom is -0.317 e. The van der Waals surface area contributed by atoms with Gasteiger partial charge >= 0.3 is 0 Å². The van der Waals surface area contributed by atoms with Crippen LogP contribution >= 0.6 is 0 Å². The average molecular weight is 253 g/mol. The van der Waals surface area contributed by atoms with Crippen LogP contribution in [0.2, 0.25) is 0 Å². The second kappa shape index (κ2) is 7.46. The summed E-state index contributed by atoms with van der Waals surface area (Å²) >= 11 is 0. The zero-order valence-corrected chi connectivity index (χ0v) is 12.3. The number of rotatable bonds is 6. The van der Waals surface area contributed by atoms with Crippen molar-refractivity contribution in [2.75, 3.05) is 39.3 Å². The van der Waals surface area contributed by atoms with E-state index in [9.17, 15) is 0 Å². The first-order valence-corrected chi connectivity index (χ1v) is 8.00. The fraction of sp³-hybridized carbons (Fsp3) is 1.00. The summed E-state index contributed by atoms with van der Waals surface area (Å²) in [5, 5.41) is 3.42. The highest BCUT2D eigenvalue weighted by atomic mass is 15.3. The molecule has 0 amide bonds. The van der Waals surface area contributed by atoms with Gasteiger partial charge in [-0.15, -0.1) is 0 Å². The smallest absolute Gasteiger partial charge is 0.0223 e. The van der Waals surface area contributed by atoms with Crippen LogP contribution in [0.1, 0.15) is 46.0 Å². The molecule has 0 radical (unpaired) electrons. The van der Waals surface area contributed by atoms with Crippen molar-refractivity contribution in [3.63, 3.8) is 0 Å². The van der Waals surface area contributed by atoms with Gasteiger partial charge in [0.05, 0.1) is 0 Å². The highest BCUT2D eigenvalue weighted by Gasteiger charge is 2.32. The summed E-state index contributed by atoms with van der Waals surface area (Å²) in [5.74, 6) is 0. The molecule has 2 saturated heterocycles. The Morgan fingerprint density at radius 2 is 2.06 bits per heavy atom. The highest BCUT2D eigenvalue weighted by molar-refractivity contribution is 4.88. The normalized spacial score (nSPS) is 30.3. The lowest BCUT2D eigenvalue weighted by Crippen LogP contribution is -2.58. The van der Waals surface area contributed by atoms with E-state index in [-0.39, 0.29) is 0 Å². The van der Waals surface area contributed by atoms with E-state index in [1.165, 1.54) is 64.8 Å². The fourth-order valence-electron chi connectivity index (χ4n) is 3.47. The highest BCUT2D eigenvalue weighted by Crippen LogP contribution is 2.24. The third-order valence-electron chi connectivity index (χ3n) is 4.62. The zero-order chi connectivity index (χ0) is 12.8. The van der Waals surface area contributed by atoms with E-state index in [0.717, 1.165) is 18.6 Å². The summed E-state index contributed by atoms with van der Waals surface area (Å²) in [6.07, 6.45) is 6.98. The minimum absolute atomic E-state index is 0.762. The maximum Gasteiger partial charge on any atom is 0.0223 e. The Balaban J connectivity index is 1.68. The van der Waals surface area contributed by atoms with E-state index in [4.69, 9.17) is 0 Å². The SMILES string of the molecule is CCNCCCCN1CC2CCCCN2CC1C. The largest absolute Gasteiger partial charge is 0.317 e. The van der Waals surface area contributed by atoms with Gasteiger partial charge < -0.3 is 5.32 Å². The molecule has 0 spiro atoms. The third-order valence-corrected chi connectivity index (χ3v) is 4.62. The standard InChI is InChI=1S/C15H31N3/c1-3-16-9-5-7-10-17-13-15-8-4-6-11-18(15)12-14(17)2/h14-16H,3-13H2,1-2H3. The summed E-state index contributed by atoms with van der Waals surface area (Å²) in [4.78, 5) is 5.47. The molecular formula is C15H31N3. The molecular weight excluding hydrogens is 222 g/mol. The lowest BCUT2D eigenvalue weighted by atomic mass is 9.97. The number of hydrogen-bond acceptors (Lipinski definition) is 3. The van der Waals surface area contributed by atoms with Gasteiger partial charge in [0, 0.05) is 25.2 Å². The van der Waals surface area contributed by atoms with Crippen LogP contribution in [0, 0.1) is 0 Å². The second-order valence-electron chi connectivity index (χ2n) is 6.05. The average Bonchev–Trinajstić information content (AvgIpc) is 2.39. The minimum atomic E-state index is 0.762. The topological polar surface area (TPSA) is 18.5 Å². The van der Waals surface area contributed by atoms with Gasteiger partial charge in [0.2, 0.25) is 0 Å². The zero-order valence-electron chi connectivity index (χ0n) is 12.3. The molecule has 2 aliphatic heterocycles. The number of fused-ring (bicyclic) bond motifs is 1. The molecule has 0 saturated carbocycles. The summed E-state index contributed by atoms with van der Waals surface area (Å²) in [7, 11) is 0. The van der Waals surface area contributed by atoms with Crippen molar-refractivity contribution in [3.05, 3.63) is 0 Å². The van der Waals surface area contributed by atoms with Crippen LogP contribution in [0.5, 0.6) is 0 Å². The molecule has 0 aliphatic carbocycles. The van der Waals surface area contributed by atoms with Crippen molar-refractivity contribution in [1.29, 1.82) is 0 Å². The van der Waals surface area contributed by atoms with Crippen LogP contribution in [0.15, 0.2) is 0 Å². The molecule has 106 valence electrons. The Bertz CT molecular complexity index is 232. The molecule has 2 heterocycles. The van der Waals surface area contributed by atoms with Crippen LogP contribution in [-0.2, 0) is 0 Å². The quantitative estimate of drug-likeness (QED) is 0.730. The molecule has 2 atom stereocenters. The number of piperazine rings is 1. The molecule has 3 nitrogen and oxygen atoms in total. The molecule has 0 aromatic heterocycles. The maximum absolute atomic E-state index is 3.42. The first-order valence-electron chi connectivity index (χ1n) is 8.00. The van der Waals surface area contributed by atoms with Crippen LogP contribution in [-0.4, -0.2) is 61.2 Å². The van der Waals surface area contributed by atoms with E-state index in [1.807, 2.05) is 0 Å². The van der Waals surface area contributed by atoms with Gasteiger partial charge in [-0.25, -0.2) is 0 Å². The predicted molar refractivity (Wildman–Crippen MR) is 78.0 cm³/mol. The van der Waals surface area contributed by atoms with Gasteiger partial charge in [-0.2, -0.15) is 0 Å². The predicted octanol–water partition coefficient (Wildman–Crippen LogP) is 1.93. The first kappa shape index (κ1) is 14.3. The lowest BCUT2D eigenvalue weighted by Gasteiger charge is -2.47. The van der Waals surface area contributed by atoms with Gasteiger partial charge in [-0.05, 0) is 58.8 Å². The molecule has 2 aliphatic rings. The number of nitrogens with zero attached hydrogens (tertiary/aromatic N) is 2. The summed E-state index contributed by atoms with van der Waals surface area (Å²) in [6.45, 7) is 12.2. The van der Waals surface area contributed by atoms with Crippen molar-refractivity contribution < 1.29 is 0 Å². The maximum atomic E-state index is 3.42. The molecule has 18 heavy (non-hydrogen) atoms. The van der Waals surface area contributed by atoms with Gasteiger partial charge in [0.15, 0.2) is 0 Å². The van der Waals surface area contributed by atoms with Crippen LogP contribution in [0.25, 0.3) is 0 Å². The van der Waals surface area contributed by atoms with Crippen molar-refractivity contribution in [1.82, 2.24) is 15.1 Å². The summed E-state index contributed by atoms with van der Waals surface area (Å²) < 4.78 is 0. The van der Waals surface area contributed by atoms with E-state index >= 15 is 0 Å². The Morgan fingerprint density at radius 1 is 1.17 bits per heavy atom. The number of nitrogens with one attached hydrogen (secondary N) is 1. The van der Waals surface area contributed by atoms with E-state index in [1.54, 1.807) is 0 Å². The Labute approximate surface area is 113 Å². The van der Waals surface area contributed by atoms with Crippen molar-refractivity contribution >= 4 is 0 Å². The van der Waals surface area contributed by atoms with Crippen LogP contribution in [0.3, 0.4) is 0 Å². The van der Waals surface area contributed by atoms with Gasteiger partial charge in [0.25, 0.3) is 0 Å². The van der Waals surface area contributed by atoms with E-state index in [0.29, 0.717) is 0 Å². The van der Waals surface area contributed by atoms with Crippen LogP contribution < -0.4 is 5.32 Å². The second-order valence-corrected chi connectivity index (χ2v) is 6.05. The van der Waals surface area contributed by atoms with Gasteiger partial charge in [-0.1, -0.05) is 13.3 Å². The van der Waals surface area contributed by atoms with Crippen LogP contribution in [0.4, 0.5) is 0 Å². The molecule has 2 unspecified atom stereocenters. The number of unbranched alkanes of at least 4 members (excludes halogenated alkanes) is 1. The fourth-order valence-corrected chi connectivity index (χ4v) is 3.47. The lowest BCUT2D eigenvalue weighted by molar-refractivity contribution is 0.0147. The van der Waals surface area contributed by atoms with E-state index < -0.39 is 0 Å². The first-order chi connectivity index (χ1) is 8.81. The van der Waals surface area contributed by atoms with Gasteiger partial charge in [0.1, 0.15) is 0 Å². The third kappa shape index (κ3) is 3.94. The molecule has 1 N–H and O–H groups in total. The molecule has 0 aromatic carbocycles. The molecule has 0 bridgehead atoms. The van der Waals surface area contributed by atoms with Crippen molar-refractivity contribution in [2.24, 2.45) is 0 Å². The molecule has 3 heteroatoms. The molecule has 0 aromatic rings. The summed E-state index contributed by atoms with van der Waals surface area (Å²) in [6, 6.07) is 1.63. The molecule has 2 fully saturated rings. The van der Waals surface area contributed by atoms with E-state index in [2.05, 4.69) is 29.0 Å². The van der Waals surface area contributed by atoms with Crippen molar-refractivity contribution in [3.8, 4) is 0 Å². The number of hydrogen-bond donors (Lipinski definition) is 1. The monoisotopic (exact) mass is 253 g/mol. The summed E-state index contributed by atoms with van der Waals surface area (Å²) in [5.41, 5.74) is 0. The Hall–Kier alpha value is -0.120. The Kier molecular flexibility index (Phi) is 5.93. The Morgan fingerprint density at radius 3 is 2.89 bits per heavy atom. The molecule has 2 rings (SSSR count).